The molecule has 0 spiro atoms. The van der Waals surface area contributed by atoms with E-state index in [0.29, 0.717) is 11.1 Å². The Balaban J connectivity index is 1.97. The third-order valence-electron chi connectivity index (χ3n) is 7.45. The van der Waals surface area contributed by atoms with E-state index in [2.05, 4.69) is 110 Å². The second kappa shape index (κ2) is 8.68. The van der Waals surface area contributed by atoms with Crippen LogP contribution in [0.5, 0.6) is 0 Å². The van der Waals surface area contributed by atoms with Crippen molar-refractivity contribution >= 4 is 9.76 Å². The van der Waals surface area contributed by atoms with Gasteiger partial charge in [0.1, 0.15) is 0 Å². The second-order valence-electron chi connectivity index (χ2n) is 13.1. The highest BCUT2D eigenvalue weighted by molar-refractivity contribution is 6.31. The van der Waals surface area contributed by atoms with E-state index in [1.807, 2.05) is 0 Å². The molecule has 3 aliphatic rings. The minimum atomic E-state index is -0.644. The van der Waals surface area contributed by atoms with Crippen LogP contribution in [0, 0.1) is 0 Å². The number of hydrogen-bond donors (Lipinski definition) is 0. The molecule has 0 aromatic carbocycles. The van der Waals surface area contributed by atoms with E-state index in [-0.39, 0.29) is 16.7 Å². The third-order valence-corrected chi connectivity index (χ3v) is 9.20. The molecular weight excluding hydrogens is 408 g/mol. The first-order chi connectivity index (χ1) is 14.5. The van der Waals surface area contributed by atoms with Gasteiger partial charge in [0.2, 0.25) is 0 Å². The van der Waals surface area contributed by atoms with Crippen molar-refractivity contribution in [2.75, 3.05) is 13.2 Å². The van der Waals surface area contributed by atoms with E-state index in [1.165, 1.54) is 22.3 Å². The van der Waals surface area contributed by atoms with E-state index < -0.39 is 9.76 Å². The van der Waals surface area contributed by atoms with E-state index in [4.69, 9.17) is 4.43 Å². The molecule has 180 valence electrons. The average Bonchev–Trinajstić information content (AvgIpc) is 3.05. The molecule has 3 nitrogen and oxygen atoms in total. The molecule has 0 aromatic heterocycles. The first kappa shape index (κ1) is 25.7. The predicted molar refractivity (Wildman–Crippen MR) is 142 cm³/mol. The SMILES string of the molecule is CC1=CC(C)(N2CC(C(C)(C)O[SiH2]C(C)(C)C)N(C3(C)C=C(C)C=C(C)C3)C2)CC(C)=C1. The van der Waals surface area contributed by atoms with Gasteiger partial charge in [-0.15, -0.1) is 0 Å². The largest absolute Gasteiger partial charge is 0.417 e. The maximum absolute atomic E-state index is 6.82. The molecule has 2 aliphatic carbocycles. The Hall–Kier alpha value is -0.943. The van der Waals surface area contributed by atoms with Crippen LogP contribution in [0.15, 0.2) is 46.6 Å². The molecule has 0 saturated carbocycles. The molecule has 32 heavy (non-hydrogen) atoms. The van der Waals surface area contributed by atoms with Crippen molar-refractivity contribution in [1.29, 1.82) is 0 Å². The highest BCUT2D eigenvalue weighted by atomic mass is 28.2. The van der Waals surface area contributed by atoms with Gasteiger partial charge in [-0.3, -0.25) is 9.80 Å². The van der Waals surface area contributed by atoms with E-state index in [1.54, 1.807) is 0 Å². The molecule has 0 bridgehead atoms. The summed E-state index contributed by atoms with van der Waals surface area (Å²) in [6.45, 7) is 27.6. The zero-order valence-corrected chi connectivity index (χ0v) is 24.1. The van der Waals surface area contributed by atoms with Gasteiger partial charge >= 0.3 is 0 Å². The van der Waals surface area contributed by atoms with Crippen LogP contribution in [-0.4, -0.2) is 55.5 Å². The summed E-state index contributed by atoms with van der Waals surface area (Å²) in [5.74, 6) is 0. The summed E-state index contributed by atoms with van der Waals surface area (Å²) >= 11 is 0. The van der Waals surface area contributed by atoms with Crippen molar-refractivity contribution < 1.29 is 4.43 Å². The summed E-state index contributed by atoms with van der Waals surface area (Å²) in [7, 11) is -0.644. The quantitative estimate of drug-likeness (QED) is 0.462. The fourth-order valence-corrected chi connectivity index (χ4v) is 7.19. The molecule has 0 amide bonds. The Morgan fingerprint density at radius 3 is 1.88 bits per heavy atom. The van der Waals surface area contributed by atoms with Crippen LogP contribution in [-0.2, 0) is 4.43 Å². The fourth-order valence-electron chi connectivity index (χ4n) is 6.19. The van der Waals surface area contributed by atoms with Crippen LogP contribution in [0.3, 0.4) is 0 Å². The molecule has 3 unspecified atom stereocenters. The zero-order valence-electron chi connectivity index (χ0n) is 22.7. The van der Waals surface area contributed by atoms with Crippen LogP contribution in [0.1, 0.15) is 89.0 Å². The lowest BCUT2D eigenvalue weighted by molar-refractivity contribution is -0.00926. The molecule has 0 radical (unpaired) electrons. The summed E-state index contributed by atoms with van der Waals surface area (Å²) in [5.41, 5.74) is 5.63. The van der Waals surface area contributed by atoms with Crippen LogP contribution in [0.2, 0.25) is 5.04 Å². The van der Waals surface area contributed by atoms with Gasteiger partial charge in [-0.25, -0.2) is 0 Å². The fraction of sp³-hybridized carbons (Fsp3) is 0.714. The minimum Gasteiger partial charge on any atom is -0.417 e. The number of hydrogen-bond acceptors (Lipinski definition) is 3. The summed E-state index contributed by atoms with van der Waals surface area (Å²) in [5, 5.41) is 0.294. The molecular formula is C28H48N2OSi. The van der Waals surface area contributed by atoms with Crippen LogP contribution < -0.4 is 0 Å². The van der Waals surface area contributed by atoms with E-state index >= 15 is 0 Å². The number of rotatable bonds is 5. The van der Waals surface area contributed by atoms with Gasteiger partial charge in [-0.1, -0.05) is 67.4 Å². The summed E-state index contributed by atoms with van der Waals surface area (Å²) in [6, 6.07) is 0.356. The minimum absolute atomic E-state index is 0.0148. The molecule has 3 atom stereocenters. The van der Waals surface area contributed by atoms with Crippen molar-refractivity contribution in [3.8, 4) is 0 Å². The first-order valence-corrected chi connectivity index (χ1v) is 13.7. The van der Waals surface area contributed by atoms with Crippen molar-refractivity contribution in [2.45, 2.75) is 117 Å². The molecule has 0 aromatic rings. The van der Waals surface area contributed by atoms with E-state index in [9.17, 15) is 0 Å². The number of allylic oxidation sites excluding steroid dienone is 4. The normalized spacial score (nSPS) is 33.4. The van der Waals surface area contributed by atoms with Gasteiger partial charge < -0.3 is 4.43 Å². The predicted octanol–water partition coefficient (Wildman–Crippen LogP) is 6.14. The van der Waals surface area contributed by atoms with Crippen molar-refractivity contribution in [1.82, 2.24) is 9.80 Å². The Labute approximate surface area is 200 Å². The highest BCUT2D eigenvalue weighted by Gasteiger charge is 2.51. The first-order valence-electron chi connectivity index (χ1n) is 12.4. The standard InChI is InChI=1S/C28H48N2OSi/c1-20-12-21(2)15-27(10,14-20)29-18-24(26(8,9)31-32-25(5,6)7)30(19-29)28(11)16-22(3)13-23(4)17-28/h12-14,16,24H,15,17-19,32H2,1-11H3. The molecule has 1 heterocycles. The summed E-state index contributed by atoms with van der Waals surface area (Å²) in [4.78, 5) is 5.50. The number of nitrogens with zero attached hydrogens (tertiary/aromatic N) is 2. The Morgan fingerprint density at radius 2 is 1.38 bits per heavy atom. The molecule has 3 rings (SSSR count). The lowest BCUT2D eigenvalue weighted by Crippen LogP contribution is -2.57. The maximum atomic E-state index is 6.82. The van der Waals surface area contributed by atoms with Gasteiger partial charge in [0, 0.05) is 17.6 Å². The third kappa shape index (κ3) is 5.57. The Kier molecular flexibility index (Phi) is 6.97. The van der Waals surface area contributed by atoms with Crippen molar-refractivity contribution in [2.24, 2.45) is 0 Å². The van der Waals surface area contributed by atoms with Crippen LogP contribution in [0.25, 0.3) is 0 Å². The zero-order chi connectivity index (χ0) is 24.1. The Morgan fingerprint density at radius 1 is 0.875 bits per heavy atom. The Bertz CT molecular complexity index is 859. The lowest BCUT2D eigenvalue weighted by Gasteiger charge is -2.47. The molecule has 1 aliphatic heterocycles. The van der Waals surface area contributed by atoms with Gasteiger partial charge in [-0.05, 0) is 73.3 Å². The second-order valence-corrected chi connectivity index (χ2v) is 15.8. The molecule has 4 heteroatoms. The monoisotopic (exact) mass is 456 g/mol. The van der Waals surface area contributed by atoms with Crippen LogP contribution >= 0.6 is 0 Å². The summed E-state index contributed by atoms with van der Waals surface area (Å²) < 4.78 is 6.82. The molecule has 1 saturated heterocycles. The van der Waals surface area contributed by atoms with E-state index in [0.717, 1.165) is 26.1 Å². The summed E-state index contributed by atoms with van der Waals surface area (Å²) in [6.07, 6.45) is 11.9. The van der Waals surface area contributed by atoms with Gasteiger partial charge in [0.15, 0.2) is 9.76 Å². The van der Waals surface area contributed by atoms with Gasteiger partial charge in [0.05, 0.1) is 18.3 Å². The maximum Gasteiger partial charge on any atom is 0.167 e. The molecule has 0 N–H and O–H groups in total. The van der Waals surface area contributed by atoms with Gasteiger partial charge in [-0.2, -0.15) is 0 Å². The smallest absolute Gasteiger partial charge is 0.167 e. The topological polar surface area (TPSA) is 15.7 Å². The van der Waals surface area contributed by atoms with Crippen molar-refractivity contribution in [3.63, 3.8) is 0 Å². The lowest BCUT2D eigenvalue weighted by atomic mass is 9.82. The average molecular weight is 457 g/mol. The van der Waals surface area contributed by atoms with Crippen LogP contribution in [0.4, 0.5) is 0 Å². The highest BCUT2D eigenvalue weighted by Crippen LogP contribution is 2.43. The van der Waals surface area contributed by atoms with Crippen molar-refractivity contribution in [3.05, 3.63) is 46.6 Å². The molecule has 1 fully saturated rings. The van der Waals surface area contributed by atoms with Gasteiger partial charge in [0.25, 0.3) is 0 Å².